The van der Waals surface area contributed by atoms with Crippen LogP contribution < -0.4 is 5.32 Å². The molecule has 0 spiro atoms. The van der Waals surface area contributed by atoms with E-state index in [1.807, 2.05) is 0 Å². The molecule has 0 aromatic heterocycles. The lowest BCUT2D eigenvalue weighted by Crippen LogP contribution is -2.37. The van der Waals surface area contributed by atoms with Gasteiger partial charge in [-0.15, -0.1) is 0 Å². The number of hydrogen-bond donors (Lipinski definition) is 1. The summed E-state index contributed by atoms with van der Waals surface area (Å²) in [7, 11) is 0. The molecule has 2 aliphatic rings. The van der Waals surface area contributed by atoms with Gasteiger partial charge in [0.2, 0.25) is 0 Å². The van der Waals surface area contributed by atoms with Crippen LogP contribution in [-0.4, -0.2) is 37.6 Å². The molecular weight excluding hydrogens is 232 g/mol. The number of likely N-dealkylation sites (tertiary alicyclic amines) is 1. The fourth-order valence-electron chi connectivity index (χ4n) is 3.93. The normalized spacial score (nSPS) is 31.3. The van der Waals surface area contributed by atoms with E-state index in [4.69, 9.17) is 0 Å². The third-order valence-corrected chi connectivity index (χ3v) is 4.99. The van der Waals surface area contributed by atoms with Crippen LogP contribution in [0.2, 0.25) is 0 Å². The lowest BCUT2D eigenvalue weighted by molar-refractivity contribution is 0.196. The average molecular weight is 266 g/mol. The molecule has 19 heavy (non-hydrogen) atoms. The van der Waals surface area contributed by atoms with E-state index < -0.39 is 0 Å². The Morgan fingerprint density at radius 2 is 1.89 bits per heavy atom. The maximum atomic E-state index is 3.74. The number of rotatable bonds is 6. The predicted octanol–water partition coefficient (Wildman–Crippen LogP) is 3.52. The number of nitrogens with zero attached hydrogens (tertiary/aromatic N) is 1. The van der Waals surface area contributed by atoms with Crippen molar-refractivity contribution in [3.05, 3.63) is 0 Å². The molecule has 1 heterocycles. The Balaban J connectivity index is 1.54. The van der Waals surface area contributed by atoms with Crippen LogP contribution in [0.15, 0.2) is 0 Å². The van der Waals surface area contributed by atoms with E-state index in [9.17, 15) is 0 Å². The summed E-state index contributed by atoms with van der Waals surface area (Å²) in [4.78, 5) is 2.67. The quantitative estimate of drug-likeness (QED) is 0.791. The first-order valence-electron chi connectivity index (χ1n) is 8.67. The largest absolute Gasteiger partial charge is 0.316 e. The van der Waals surface area contributed by atoms with Gasteiger partial charge in [-0.2, -0.15) is 0 Å². The fourth-order valence-corrected chi connectivity index (χ4v) is 3.93. The van der Waals surface area contributed by atoms with Crippen LogP contribution in [0.25, 0.3) is 0 Å². The Bertz CT molecular complexity index is 235. The molecule has 0 bridgehead atoms. The Morgan fingerprint density at radius 1 is 1.11 bits per heavy atom. The summed E-state index contributed by atoms with van der Waals surface area (Å²) >= 11 is 0. The van der Waals surface area contributed by atoms with E-state index in [1.54, 1.807) is 0 Å². The van der Waals surface area contributed by atoms with E-state index in [1.165, 1.54) is 77.7 Å². The van der Waals surface area contributed by atoms with Gasteiger partial charge in [0.15, 0.2) is 0 Å². The molecule has 112 valence electrons. The van der Waals surface area contributed by atoms with Crippen molar-refractivity contribution in [1.82, 2.24) is 10.2 Å². The Morgan fingerprint density at radius 3 is 2.63 bits per heavy atom. The summed E-state index contributed by atoms with van der Waals surface area (Å²) in [5.41, 5.74) is 0. The smallest absolute Gasteiger partial charge is 0.00191 e. The summed E-state index contributed by atoms with van der Waals surface area (Å²) in [5.74, 6) is 2.72. The molecule has 1 aliphatic heterocycles. The van der Waals surface area contributed by atoms with Crippen molar-refractivity contribution >= 4 is 0 Å². The standard InChI is InChI=1S/C17H34N2/c1-15-7-6-8-17(11-15)13-18-12-16(2)14-19-9-4-3-5-10-19/h15-18H,3-14H2,1-2H3. The first-order valence-corrected chi connectivity index (χ1v) is 8.67. The fraction of sp³-hybridized carbons (Fsp3) is 1.00. The van der Waals surface area contributed by atoms with Crippen molar-refractivity contribution in [1.29, 1.82) is 0 Å². The molecule has 3 atom stereocenters. The van der Waals surface area contributed by atoms with Gasteiger partial charge in [0, 0.05) is 6.54 Å². The first kappa shape index (κ1) is 15.3. The van der Waals surface area contributed by atoms with Gasteiger partial charge in [-0.3, -0.25) is 0 Å². The van der Waals surface area contributed by atoms with Crippen LogP contribution in [0.4, 0.5) is 0 Å². The van der Waals surface area contributed by atoms with Crippen molar-refractivity contribution < 1.29 is 0 Å². The zero-order chi connectivity index (χ0) is 13.5. The summed E-state index contributed by atoms with van der Waals surface area (Å²) in [5, 5.41) is 3.74. The highest BCUT2D eigenvalue weighted by molar-refractivity contribution is 4.74. The second-order valence-electron chi connectivity index (χ2n) is 7.26. The van der Waals surface area contributed by atoms with E-state index in [2.05, 4.69) is 24.1 Å². The summed E-state index contributed by atoms with van der Waals surface area (Å²) in [6.07, 6.45) is 10.1. The summed E-state index contributed by atoms with van der Waals surface area (Å²) in [6.45, 7) is 11.3. The van der Waals surface area contributed by atoms with Crippen molar-refractivity contribution in [3.63, 3.8) is 0 Å². The topological polar surface area (TPSA) is 15.3 Å². The Kier molecular flexibility index (Phi) is 6.66. The van der Waals surface area contributed by atoms with Gasteiger partial charge in [0.05, 0.1) is 0 Å². The van der Waals surface area contributed by atoms with E-state index in [0.717, 1.165) is 17.8 Å². The molecule has 1 aliphatic carbocycles. The van der Waals surface area contributed by atoms with E-state index in [0.29, 0.717) is 0 Å². The number of hydrogen-bond acceptors (Lipinski definition) is 2. The third-order valence-electron chi connectivity index (χ3n) is 4.99. The summed E-state index contributed by atoms with van der Waals surface area (Å²) < 4.78 is 0. The molecule has 1 saturated heterocycles. The molecule has 2 nitrogen and oxygen atoms in total. The SMILES string of the molecule is CC1CCCC(CNCC(C)CN2CCCCC2)C1. The lowest BCUT2D eigenvalue weighted by Gasteiger charge is -2.30. The molecule has 2 heteroatoms. The molecule has 2 rings (SSSR count). The maximum Gasteiger partial charge on any atom is 0.00191 e. The van der Waals surface area contributed by atoms with Gasteiger partial charge in [-0.1, -0.05) is 33.1 Å². The minimum absolute atomic E-state index is 0.805. The van der Waals surface area contributed by atoms with Crippen molar-refractivity contribution in [3.8, 4) is 0 Å². The highest BCUT2D eigenvalue weighted by atomic mass is 15.1. The minimum atomic E-state index is 0.805. The third kappa shape index (κ3) is 5.83. The van der Waals surface area contributed by atoms with Crippen LogP contribution in [0, 0.1) is 17.8 Å². The van der Waals surface area contributed by atoms with E-state index in [-0.39, 0.29) is 0 Å². The molecular formula is C17H34N2. The Hall–Kier alpha value is -0.0800. The zero-order valence-corrected chi connectivity index (χ0v) is 13.2. The van der Waals surface area contributed by atoms with Gasteiger partial charge in [-0.05, 0) is 69.6 Å². The monoisotopic (exact) mass is 266 g/mol. The molecule has 0 aromatic rings. The van der Waals surface area contributed by atoms with Gasteiger partial charge >= 0.3 is 0 Å². The molecule has 0 radical (unpaired) electrons. The predicted molar refractivity (Wildman–Crippen MR) is 83.4 cm³/mol. The first-order chi connectivity index (χ1) is 9.24. The van der Waals surface area contributed by atoms with Crippen LogP contribution in [0.5, 0.6) is 0 Å². The van der Waals surface area contributed by atoms with Crippen LogP contribution in [0.1, 0.15) is 58.8 Å². The van der Waals surface area contributed by atoms with E-state index >= 15 is 0 Å². The minimum Gasteiger partial charge on any atom is -0.316 e. The molecule has 2 fully saturated rings. The molecule has 3 unspecified atom stereocenters. The number of piperidine rings is 1. The van der Waals surface area contributed by atoms with Crippen LogP contribution in [0.3, 0.4) is 0 Å². The van der Waals surface area contributed by atoms with Gasteiger partial charge < -0.3 is 10.2 Å². The van der Waals surface area contributed by atoms with Gasteiger partial charge in [0.25, 0.3) is 0 Å². The zero-order valence-electron chi connectivity index (χ0n) is 13.2. The second-order valence-corrected chi connectivity index (χ2v) is 7.26. The number of nitrogens with one attached hydrogen (secondary N) is 1. The van der Waals surface area contributed by atoms with Crippen LogP contribution in [-0.2, 0) is 0 Å². The second kappa shape index (κ2) is 8.26. The van der Waals surface area contributed by atoms with Crippen molar-refractivity contribution in [2.45, 2.75) is 58.8 Å². The van der Waals surface area contributed by atoms with Crippen LogP contribution >= 0.6 is 0 Å². The van der Waals surface area contributed by atoms with Gasteiger partial charge in [0.1, 0.15) is 0 Å². The maximum absolute atomic E-state index is 3.74. The van der Waals surface area contributed by atoms with Crippen molar-refractivity contribution in [2.75, 3.05) is 32.7 Å². The molecule has 0 aromatic carbocycles. The van der Waals surface area contributed by atoms with Gasteiger partial charge in [-0.25, -0.2) is 0 Å². The highest BCUT2D eigenvalue weighted by Crippen LogP contribution is 2.27. The average Bonchev–Trinajstić information content (AvgIpc) is 2.40. The highest BCUT2D eigenvalue weighted by Gasteiger charge is 2.19. The summed E-state index contributed by atoms with van der Waals surface area (Å²) in [6, 6.07) is 0. The molecule has 0 amide bonds. The lowest BCUT2D eigenvalue weighted by atomic mass is 9.82. The molecule has 1 N–H and O–H groups in total. The molecule has 1 saturated carbocycles. The Labute approximate surface area is 120 Å². The van der Waals surface area contributed by atoms with Crippen molar-refractivity contribution in [2.24, 2.45) is 17.8 Å².